The van der Waals surface area contributed by atoms with Gasteiger partial charge in [0.2, 0.25) is 0 Å². The molecule has 1 aliphatic carbocycles. The Hall–Kier alpha value is -1.13. The molecule has 0 bridgehead atoms. The van der Waals surface area contributed by atoms with Gasteiger partial charge in [-0.3, -0.25) is 0 Å². The van der Waals surface area contributed by atoms with Gasteiger partial charge in [-0.25, -0.2) is 9.97 Å². The number of nitrogens with zero attached hydrogens (tertiary/aromatic N) is 2. The van der Waals surface area contributed by atoms with Crippen molar-refractivity contribution in [3.05, 3.63) is 38.4 Å². The Labute approximate surface area is 122 Å². The van der Waals surface area contributed by atoms with E-state index in [1.807, 2.05) is 11.3 Å². The highest BCUT2D eigenvalue weighted by Gasteiger charge is 2.15. The number of nitrogens with one attached hydrogen (secondary N) is 1. The molecule has 0 aliphatic heterocycles. The SMILES string of the molecule is CCc1c(Cl)ncnc1NCc1cc2c(s1)CCC2. The zero-order valence-corrected chi connectivity index (χ0v) is 12.4. The van der Waals surface area contributed by atoms with Crippen LogP contribution in [-0.4, -0.2) is 9.97 Å². The summed E-state index contributed by atoms with van der Waals surface area (Å²) in [7, 11) is 0. The van der Waals surface area contributed by atoms with Crippen molar-refractivity contribution in [1.29, 1.82) is 0 Å². The molecule has 0 fully saturated rings. The van der Waals surface area contributed by atoms with E-state index in [-0.39, 0.29) is 0 Å². The van der Waals surface area contributed by atoms with Gasteiger partial charge in [-0.15, -0.1) is 11.3 Å². The fourth-order valence-corrected chi connectivity index (χ4v) is 3.97. The fourth-order valence-electron chi connectivity index (χ4n) is 2.51. The van der Waals surface area contributed by atoms with Crippen molar-refractivity contribution in [2.45, 2.75) is 39.2 Å². The van der Waals surface area contributed by atoms with Gasteiger partial charge in [-0.1, -0.05) is 18.5 Å². The smallest absolute Gasteiger partial charge is 0.137 e. The first kappa shape index (κ1) is 12.9. The quantitative estimate of drug-likeness (QED) is 0.870. The second-order valence-corrected chi connectivity index (χ2v) is 6.29. The molecule has 0 spiro atoms. The average Bonchev–Trinajstić information content (AvgIpc) is 2.97. The van der Waals surface area contributed by atoms with Crippen LogP contribution >= 0.6 is 22.9 Å². The van der Waals surface area contributed by atoms with E-state index >= 15 is 0 Å². The van der Waals surface area contributed by atoms with E-state index in [4.69, 9.17) is 11.6 Å². The number of fused-ring (bicyclic) bond motifs is 1. The van der Waals surface area contributed by atoms with E-state index in [0.29, 0.717) is 5.15 Å². The predicted octanol–water partition coefficient (Wildman–Crippen LogP) is 3.85. The lowest BCUT2D eigenvalue weighted by atomic mass is 10.2. The highest BCUT2D eigenvalue weighted by atomic mass is 35.5. The molecule has 0 saturated carbocycles. The number of halogens is 1. The summed E-state index contributed by atoms with van der Waals surface area (Å²) in [5.41, 5.74) is 2.53. The molecule has 0 saturated heterocycles. The molecule has 0 unspecified atom stereocenters. The van der Waals surface area contributed by atoms with Crippen LogP contribution in [0.25, 0.3) is 0 Å². The van der Waals surface area contributed by atoms with Crippen molar-refractivity contribution in [2.75, 3.05) is 5.32 Å². The molecule has 2 aromatic heterocycles. The largest absolute Gasteiger partial charge is 0.365 e. The van der Waals surface area contributed by atoms with Gasteiger partial charge in [0.25, 0.3) is 0 Å². The van der Waals surface area contributed by atoms with Crippen LogP contribution in [-0.2, 0) is 25.8 Å². The summed E-state index contributed by atoms with van der Waals surface area (Å²) in [6.45, 7) is 2.88. The Morgan fingerprint density at radius 2 is 2.26 bits per heavy atom. The molecule has 0 amide bonds. The summed E-state index contributed by atoms with van der Waals surface area (Å²) in [4.78, 5) is 11.2. The minimum Gasteiger partial charge on any atom is -0.365 e. The van der Waals surface area contributed by atoms with Crippen LogP contribution in [0.3, 0.4) is 0 Å². The van der Waals surface area contributed by atoms with E-state index in [0.717, 1.165) is 24.3 Å². The Balaban J connectivity index is 1.73. The average molecular weight is 294 g/mol. The monoisotopic (exact) mass is 293 g/mol. The van der Waals surface area contributed by atoms with Gasteiger partial charge in [-0.2, -0.15) is 0 Å². The van der Waals surface area contributed by atoms with E-state index in [1.54, 1.807) is 10.4 Å². The van der Waals surface area contributed by atoms with Crippen molar-refractivity contribution in [3.63, 3.8) is 0 Å². The minimum absolute atomic E-state index is 0.550. The first-order valence-corrected chi connectivity index (χ1v) is 7.81. The van der Waals surface area contributed by atoms with Gasteiger partial charge >= 0.3 is 0 Å². The molecule has 3 rings (SSSR count). The number of hydrogen-bond acceptors (Lipinski definition) is 4. The zero-order valence-electron chi connectivity index (χ0n) is 10.9. The van der Waals surface area contributed by atoms with Crippen LogP contribution in [0.15, 0.2) is 12.4 Å². The van der Waals surface area contributed by atoms with Gasteiger partial charge in [0.1, 0.15) is 17.3 Å². The maximum Gasteiger partial charge on any atom is 0.137 e. The molecule has 1 aliphatic rings. The summed E-state index contributed by atoms with van der Waals surface area (Å²) in [6, 6.07) is 2.33. The molecular weight excluding hydrogens is 278 g/mol. The Morgan fingerprint density at radius 3 is 3.05 bits per heavy atom. The first-order valence-electron chi connectivity index (χ1n) is 6.61. The van der Waals surface area contributed by atoms with E-state index in [9.17, 15) is 0 Å². The second kappa shape index (κ2) is 5.47. The van der Waals surface area contributed by atoms with E-state index < -0.39 is 0 Å². The summed E-state index contributed by atoms with van der Waals surface area (Å²) in [5.74, 6) is 0.857. The van der Waals surface area contributed by atoms with Crippen LogP contribution in [0, 0.1) is 0 Å². The third-order valence-electron chi connectivity index (χ3n) is 3.47. The summed E-state index contributed by atoms with van der Waals surface area (Å²) >= 11 is 8.00. The molecular formula is C14H16ClN3S. The molecule has 5 heteroatoms. The zero-order chi connectivity index (χ0) is 13.2. The number of anilines is 1. The van der Waals surface area contributed by atoms with Gasteiger partial charge in [0, 0.05) is 15.3 Å². The number of hydrogen-bond donors (Lipinski definition) is 1. The van der Waals surface area contributed by atoms with Crippen LogP contribution in [0.2, 0.25) is 5.15 Å². The number of aryl methyl sites for hydroxylation is 2. The standard InChI is InChI=1S/C14H16ClN3S/c1-2-11-13(15)17-8-18-14(11)16-7-10-6-9-4-3-5-12(9)19-10/h6,8H,2-5,7H2,1H3,(H,16,17,18). The van der Waals surface area contributed by atoms with Crippen LogP contribution < -0.4 is 5.32 Å². The lowest BCUT2D eigenvalue weighted by Crippen LogP contribution is -2.04. The highest BCUT2D eigenvalue weighted by molar-refractivity contribution is 7.12. The lowest BCUT2D eigenvalue weighted by Gasteiger charge is -2.09. The van der Waals surface area contributed by atoms with E-state index in [2.05, 4.69) is 28.3 Å². The Bertz CT molecular complexity index is 573. The summed E-state index contributed by atoms with van der Waals surface area (Å²) in [6.07, 6.45) is 6.16. The Morgan fingerprint density at radius 1 is 1.37 bits per heavy atom. The van der Waals surface area contributed by atoms with Crippen LogP contribution in [0.4, 0.5) is 5.82 Å². The molecule has 100 valence electrons. The molecule has 0 radical (unpaired) electrons. The minimum atomic E-state index is 0.550. The molecule has 0 atom stereocenters. The van der Waals surface area contributed by atoms with Gasteiger partial charge < -0.3 is 5.32 Å². The van der Waals surface area contributed by atoms with E-state index in [1.165, 1.54) is 30.5 Å². The maximum atomic E-state index is 6.08. The van der Waals surface area contributed by atoms with Gasteiger partial charge in [0.15, 0.2) is 0 Å². The van der Waals surface area contributed by atoms with Crippen LogP contribution in [0.5, 0.6) is 0 Å². The third-order valence-corrected chi connectivity index (χ3v) is 5.04. The first-order chi connectivity index (χ1) is 9.28. The van der Waals surface area contributed by atoms with Gasteiger partial charge in [-0.05, 0) is 37.3 Å². The normalized spacial score (nSPS) is 13.6. The van der Waals surface area contributed by atoms with Crippen molar-refractivity contribution in [3.8, 4) is 0 Å². The molecule has 19 heavy (non-hydrogen) atoms. The highest BCUT2D eigenvalue weighted by Crippen LogP contribution is 2.31. The van der Waals surface area contributed by atoms with Crippen molar-refractivity contribution in [1.82, 2.24) is 9.97 Å². The molecule has 0 aromatic carbocycles. The molecule has 3 nitrogen and oxygen atoms in total. The Kier molecular flexibility index (Phi) is 3.71. The number of aromatic nitrogens is 2. The van der Waals surface area contributed by atoms with Crippen molar-refractivity contribution < 1.29 is 0 Å². The lowest BCUT2D eigenvalue weighted by molar-refractivity contribution is 0.913. The molecule has 1 N–H and O–H groups in total. The third kappa shape index (κ3) is 2.60. The van der Waals surface area contributed by atoms with Gasteiger partial charge in [0.05, 0.1) is 6.54 Å². The summed E-state index contributed by atoms with van der Waals surface area (Å²) < 4.78 is 0. The number of thiophene rings is 1. The summed E-state index contributed by atoms with van der Waals surface area (Å²) in [5, 5.41) is 3.93. The fraction of sp³-hybridized carbons (Fsp3) is 0.429. The molecule has 2 aromatic rings. The van der Waals surface area contributed by atoms with Crippen molar-refractivity contribution in [2.24, 2.45) is 0 Å². The van der Waals surface area contributed by atoms with Crippen LogP contribution in [0.1, 0.15) is 34.2 Å². The molecule has 2 heterocycles. The van der Waals surface area contributed by atoms with Crippen molar-refractivity contribution >= 4 is 28.8 Å². The number of rotatable bonds is 4. The maximum absolute atomic E-state index is 6.08. The second-order valence-electron chi connectivity index (χ2n) is 4.71. The topological polar surface area (TPSA) is 37.8 Å². The predicted molar refractivity (Wildman–Crippen MR) is 80.1 cm³/mol.